The smallest absolute Gasteiger partial charge is 0.141 e. The van der Waals surface area contributed by atoms with Crippen LogP contribution in [0.1, 0.15) is 18.9 Å². The molecule has 34 heavy (non-hydrogen) atoms. The molecule has 9 nitrogen and oxygen atoms in total. The van der Waals surface area contributed by atoms with E-state index in [1.165, 1.54) is 0 Å². The second-order valence-corrected chi connectivity index (χ2v) is 8.11. The zero-order valence-corrected chi connectivity index (χ0v) is 19.5. The topological polar surface area (TPSA) is 134 Å². The highest BCUT2D eigenvalue weighted by Crippen LogP contribution is 2.24. The fraction of sp³-hybridized carbons (Fsp3) is 0.280. The molecule has 0 radical (unpaired) electrons. The molecule has 0 amide bonds. The largest absolute Gasteiger partial charge is 0.857 e. The molecule has 1 fully saturated rings. The quantitative estimate of drug-likeness (QED) is 0.330. The van der Waals surface area contributed by atoms with E-state index in [4.69, 9.17) is 11.5 Å². The second-order valence-electron chi connectivity index (χ2n) is 8.11. The number of rotatable bonds is 6. The van der Waals surface area contributed by atoms with E-state index in [1.807, 2.05) is 55.2 Å². The van der Waals surface area contributed by atoms with Crippen LogP contribution in [0.4, 0.5) is 11.5 Å². The summed E-state index contributed by atoms with van der Waals surface area (Å²) in [5, 5.41) is 12.8. The molecule has 0 saturated carbocycles. The summed E-state index contributed by atoms with van der Waals surface area (Å²) in [6.45, 7) is 4.02. The highest BCUT2D eigenvalue weighted by Gasteiger charge is 2.23. The van der Waals surface area contributed by atoms with Crippen LogP contribution in [0.2, 0.25) is 0 Å². The van der Waals surface area contributed by atoms with E-state index in [9.17, 15) is 5.11 Å². The Morgan fingerprint density at radius 2 is 1.94 bits per heavy atom. The Hall–Kier alpha value is -4.14. The van der Waals surface area contributed by atoms with Crippen LogP contribution < -0.4 is 21.5 Å². The Labute approximate surface area is 199 Å². The zero-order chi connectivity index (χ0) is 24.1. The summed E-state index contributed by atoms with van der Waals surface area (Å²) in [6, 6.07) is 11.2. The molecule has 1 aromatic carbocycles. The Balaban J connectivity index is 1.56. The summed E-state index contributed by atoms with van der Waals surface area (Å²) in [4.78, 5) is 19.9. The average Bonchev–Trinajstić information content (AvgIpc) is 3.29. The first-order valence-corrected chi connectivity index (χ1v) is 11.2. The standard InChI is InChI=1S/C25H30N8O/c1-3-28-21-10-12-33(22-9-6-18(15-30-22)24-29-11-13-32(24)2)16-20(21)23(27)25(34)31-14-17-4-7-19(26)8-5-17/h4-9,11,13,15H,3,10,12,14,16,26-27H2,1-2H3,(H,31,34)/p-1/b23-20-,28-21?. The summed E-state index contributed by atoms with van der Waals surface area (Å²) in [6.07, 6.45) is 6.15. The van der Waals surface area contributed by atoms with Crippen molar-refractivity contribution in [3.63, 3.8) is 0 Å². The fourth-order valence-corrected chi connectivity index (χ4v) is 3.90. The number of hydrogen-bond donors (Lipinski definition) is 2. The minimum atomic E-state index is -0.435. The number of hydrogen-bond acceptors (Lipinski definition) is 8. The number of nitrogen functional groups attached to an aromatic ring is 1. The Morgan fingerprint density at radius 3 is 2.59 bits per heavy atom. The van der Waals surface area contributed by atoms with Gasteiger partial charge in [-0.05, 0) is 36.8 Å². The van der Waals surface area contributed by atoms with Crippen molar-refractivity contribution in [1.29, 1.82) is 0 Å². The molecule has 0 unspecified atom stereocenters. The van der Waals surface area contributed by atoms with Crippen molar-refractivity contribution in [3.8, 4) is 11.4 Å². The van der Waals surface area contributed by atoms with Crippen LogP contribution >= 0.6 is 0 Å². The molecule has 0 atom stereocenters. The molecule has 9 heteroatoms. The van der Waals surface area contributed by atoms with E-state index < -0.39 is 5.90 Å². The van der Waals surface area contributed by atoms with Gasteiger partial charge in [0.25, 0.3) is 0 Å². The second kappa shape index (κ2) is 10.2. The Kier molecular flexibility index (Phi) is 6.91. The summed E-state index contributed by atoms with van der Waals surface area (Å²) < 4.78 is 1.95. The number of piperidine rings is 1. The molecule has 0 spiro atoms. The maximum atomic E-state index is 12.8. The summed E-state index contributed by atoms with van der Waals surface area (Å²) in [7, 11) is 1.95. The van der Waals surface area contributed by atoms with Gasteiger partial charge in [0.2, 0.25) is 0 Å². The van der Waals surface area contributed by atoms with Gasteiger partial charge in [0.05, 0.1) is 6.54 Å². The lowest BCUT2D eigenvalue weighted by Crippen LogP contribution is -2.40. The highest BCUT2D eigenvalue weighted by atomic mass is 16.3. The zero-order valence-electron chi connectivity index (χ0n) is 19.5. The fourth-order valence-electron chi connectivity index (χ4n) is 3.90. The molecule has 3 heterocycles. The van der Waals surface area contributed by atoms with Crippen LogP contribution in [-0.4, -0.2) is 45.8 Å². The van der Waals surface area contributed by atoms with Crippen molar-refractivity contribution in [3.05, 3.63) is 71.8 Å². The van der Waals surface area contributed by atoms with Gasteiger partial charge < -0.3 is 26.0 Å². The van der Waals surface area contributed by atoms with Crippen molar-refractivity contribution < 1.29 is 5.11 Å². The highest BCUT2D eigenvalue weighted by molar-refractivity contribution is 6.08. The molecule has 1 aliphatic heterocycles. The maximum absolute atomic E-state index is 12.8. The van der Waals surface area contributed by atoms with Crippen molar-refractivity contribution >= 4 is 23.1 Å². The molecule has 3 aromatic rings. The first-order valence-electron chi connectivity index (χ1n) is 11.2. The molecular formula is C25H29N8O-. The maximum Gasteiger partial charge on any atom is 0.141 e. The van der Waals surface area contributed by atoms with Crippen LogP contribution in [0.15, 0.2) is 76.2 Å². The van der Waals surface area contributed by atoms with Crippen molar-refractivity contribution in [1.82, 2.24) is 14.5 Å². The number of aliphatic imine (C=N–C) groups is 2. The van der Waals surface area contributed by atoms with E-state index in [2.05, 4.69) is 24.9 Å². The Bertz CT molecular complexity index is 1220. The normalized spacial score (nSPS) is 17.3. The molecule has 176 valence electrons. The molecule has 0 bridgehead atoms. The van der Waals surface area contributed by atoms with Gasteiger partial charge in [-0.25, -0.2) is 9.97 Å². The molecule has 1 aliphatic rings. The van der Waals surface area contributed by atoms with Gasteiger partial charge in [-0.2, -0.15) is 0 Å². The molecule has 2 aromatic heterocycles. The first kappa shape index (κ1) is 23.0. The SMILES string of the molecule is CCN=C1CCN(c2ccc(-c3nccn3C)cn2)C/C1=C(/N)C([O-])=NCc1ccc(N)cc1. The number of aryl methyl sites for hydroxylation is 1. The van der Waals surface area contributed by atoms with Crippen molar-refractivity contribution in [2.75, 3.05) is 30.3 Å². The van der Waals surface area contributed by atoms with Gasteiger partial charge in [0.15, 0.2) is 0 Å². The monoisotopic (exact) mass is 457 g/mol. The van der Waals surface area contributed by atoms with Gasteiger partial charge in [-0.3, -0.25) is 9.98 Å². The number of imidazole rings is 1. The summed E-state index contributed by atoms with van der Waals surface area (Å²) >= 11 is 0. The number of aromatic nitrogens is 3. The number of nitrogens with zero attached hydrogens (tertiary/aromatic N) is 6. The number of anilines is 2. The van der Waals surface area contributed by atoms with Gasteiger partial charge in [0, 0.05) is 85.8 Å². The van der Waals surface area contributed by atoms with Crippen LogP contribution in [0.3, 0.4) is 0 Å². The third kappa shape index (κ3) is 5.09. The van der Waals surface area contributed by atoms with Crippen molar-refractivity contribution in [2.45, 2.75) is 19.9 Å². The lowest BCUT2D eigenvalue weighted by Gasteiger charge is -2.32. The average molecular weight is 458 g/mol. The third-order valence-corrected chi connectivity index (χ3v) is 5.76. The van der Waals surface area contributed by atoms with Gasteiger partial charge in [-0.1, -0.05) is 12.1 Å². The van der Waals surface area contributed by atoms with E-state index >= 15 is 0 Å². The van der Waals surface area contributed by atoms with Gasteiger partial charge >= 0.3 is 0 Å². The van der Waals surface area contributed by atoms with Crippen LogP contribution in [-0.2, 0) is 13.6 Å². The number of nitrogens with two attached hydrogens (primary N) is 2. The Morgan fingerprint density at radius 1 is 1.15 bits per heavy atom. The predicted molar refractivity (Wildman–Crippen MR) is 134 cm³/mol. The van der Waals surface area contributed by atoms with Crippen LogP contribution in [0.25, 0.3) is 11.4 Å². The minimum absolute atomic E-state index is 0.136. The predicted octanol–water partition coefficient (Wildman–Crippen LogP) is 1.91. The summed E-state index contributed by atoms with van der Waals surface area (Å²) in [5.41, 5.74) is 16.3. The van der Waals surface area contributed by atoms with Crippen LogP contribution in [0.5, 0.6) is 0 Å². The van der Waals surface area contributed by atoms with E-state index in [1.54, 1.807) is 18.3 Å². The molecule has 1 saturated heterocycles. The number of benzene rings is 1. The van der Waals surface area contributed by atoms with Crippen LogP contribution in [0, 0.1) is 0 Å². The van der Waals surface area contributed by atoms with Gasteiger partial charge in [-0.15, -0.1) is 0 Å². The first-order chi connectivity index (χ1) is 16.5. The molecule has 4 rings (SSSR count). The third-order valence-electron chi connectivity index (χ3n) is 5.76. The van der Waals surface area contributed by atoms with Gasteiger partial charge in [0.1, 0.15) is 11.6 Å². The lowest BCUT2D eigenvalue weighted by molar-refractivity contribution is -0.214. The van der Waals surface area contributed by atoms with E-state index in [0.717, 1.165) is 35.0 Å². The van der Waals surface area contributed by atoms with Crippen molar-refractivity contribution in [2.24, 2.45) is 22.8 Å². The van der Waals surface area contributed by atoms with E-state index in [0.29, 0.717) is 30.8 Å². The number of pyridine rings is 1. The minimum Gasteiger partial charge on any atom is -0.857 e. The molecule has 4 N–H and O–H groups in total. The lowest BCUT2D eigenvalue weighted by atomic mass is 9.99. The summed E-state index contributed by atoms with van der Waals surface area (Å²) in [5.74, 6) is 1.23. The molecule has 0 aliphatic carbocycles. The molecular weight excluding hydrogens is 428 g/mol. The van der Waals surface area contributed by atoms with E-state index in [-0.39, 0.29) is 12.2 Å².